The Balaban J connectivity index is 1.63. The van der Waals surface area contributed by atoms with Gasteiger partial charge in [0, 0.05) is 30.0 Å². The van der Waals surface area contributed by atoms with Gasteiger partial charge in [0.05, 0.1) is 0 Å². The van der Waals surface area contributed by atoms with Crippen LogP contribution in [0, 0.1) is 0 Å². The van der Waals surface area contributed by atoms with Gasteiger partial charge in [0.15, 0.2) is 0 Å². The molecule has 4 heteroatoms. The third-order valence-corrected chi connectivity index (χ3v) is 2.97. The number of rotatable bonds is 6. The Bertz CT molecular complexity index is 459. The fourth-order valence-electron chi connectivity index (χ4n) is 1.51. The zero-order valence-electron chi connectivity index (χ0n) is 9.97. The SMILES string of the molecule is Brc1ccc(OCCNCc2ccncc2)cc1. The predicted molar refractivity (Wildman–Crippen MR) is 75.6 cm³/mol. The highest BCUT2D eigenvalue weighted by Gasteiger charge is 1.94. The molecule has 2 rings (SSSR count). The van der Waals surface area contributed by atoms with Crippen molar-refractivity contribution in [3.63, 3.8) is 0 Å². The molecule has 0 amide bonds. The Morgan fingerprint density at radius 3 is 2.50 bits per heavy atom. The number of benzene rings is 1. The van der Waals surface area contributed by atoms with Crippen molar-refractivity contribution in [2.45, 2.75) is 6.54 Å². The normalized spacial score (nSPS) is 10.3. The van der Waals surface area contributed by atoms with Gasteiger partial charge in [-0.2, -0.15) is 0 Å². The molecule has 0 saturated carbocycles. The van der Waals surface area contributed by atoms with Crippen molar-refractivity contribution in [2.24, 2.45) is 0 Å². The minimum absolute atomic E-state index is 0.659. The van der Waals surface area contributed by atoms with E-state index < -0.39 is 0 Å². The Labute approximate surface area is 115 Å². The topological polar surface area (TPSA) is 34.1 Å². The van der Waals surface area contributed by atoms with E-state index in [4.69, 9.17) is 4.74 Å². The molecule has 3 nitrogen and oxygen atoms in total. The van der Waals surface area contributed by atoms with Crippen LogP contribution >= 0.6 is 15.9 Å². The molecule has 0 bridgehead atoms. The summed E-state index contributed by atoms with van der Waals surface area (Å²) in [5, 5.41) is 3.32. The molecule has 1 aromatic carbocycles. The molecular formula is C14H15BrN2O. The van der Waals surface area contributed by atoms with Gasteiger partial charge in [-0.25, -0.2) is 0 Å². The van der Waals surface area contributed by atoms with Crippen LogP contribution in [0.4, 0.5) is 0 Å². The molecule has 1 heterocycles. The van der Waals surface area contributed by atoms with Crippen LogP contribution in [0.15, 0.2) is 53.3 Å². The molecule has 0 aliphatic carbocycles. The Kier molecular flexibility index (Phi) is 5.17. The van der Waals surface area contributed by atoms with E-state index in [1.165, 1.54) is 5.56 Å². The maximum absolute atomic E-state index is 5.60. The van der Waals surface area contributed by atoms with E-state index in [2.05, 4.69) is 26.2 Å². The third kappa shape index (κ3) is 4.47. The van der Waals surface area contributed by atoms with Crippen molar-refractivity contribution in [3.8, 4) is 5.75 Å². The first-order chi connectivity index (χ1) is 8.84. The van der Waals surface area contributed by atoms with E-state index >= 15 is 0 Å². The summed E-state index contributed by atoms with van der Waals surface area (Å²) in [6, 6.07) is 11.9. The first-order valence-electron chi connectivity index (χ1n) is 5.82. The van der Waals surface area contributed by atoms with Gasteiger partial charge >= 0.3 is 0 Å². The molecular weight excluding hydrogens is 292 g/mol. The second-order valence-corrected chi connectivity index (χ2v) is 4.75. The molecule has 0 saturated heterocycles. The number of pyridine rings is 1. The lowest BCUT2D eigenvalue weighted by Crippen LogP contribution is -2.20. The van der Waals surface area contributed by atoms with Crippen LogP contribution in [-0.2, 0) is 6.54 Å². The van der Waals surface area contributed by atoms with E-state index in [0.29, 0.717) is 6.61 Å². The molecule has 18 heavy (non-hydrogen) atoms. The van der Waals surface area contributed by atoms with E-state index in [0.717, 1.165) is 23.3 Å². The number of aromatic nitrogens is 1. The molecule has 1 N–H and O–H groups in total. The first-order valence-corrected chi connectivity index (χ1v) is 6.62. The molecule has 0 atom stereocenters. The summed E-state index contributed by atoms with van der Waals surface area (Å²) in [6.45, 7) is 2.32. The quantitative estimate of drug-likeness (QED) is 0.833. The summed E-state index contributed by atoms with van der Waals surface area (Å²) in [7, 11) is 0. The van der Waals surface area contributed by atoms with Crippen LogP contribution in [-0.4, -0.2) is 18.1 Å². The fourth-order valence-corrected chi connectivity index (χ4v) is 1.77. The summed E-state index contributed by atoms with van der Waals surface area (Å²) < 4.78 is 6.66. The fraction of sp³-hybridized carbons (Fsp3) is 0.214. The molecule has 2 aromatic rings. The number of hydrogen-bond acceptors (Lipinski definition) is 3. The van der Waals surface area contributed by atoms with Crippen LogP contribution in [0.2, 0.25) is 0 Å². The Hall–Kier alpha value is -1.39. The van der Waals surface area contributed by atoms with E-state index in [-0.39, 0.29) is 0 Å². The largest absolute Gasteiger partial charge is 0.492 e. The van der Waals surface area contributed by atoms with Crippen LogP contribution in [0.1, 0.15) is 5.56 Å². The van der Waals surface area contributed by atoms with Gasteiger partial charge in [0.25, 0.3) is 0 Å². The van der Waals surface area contributed by atoms with Gasteiger partial charge in [-0.3, -0.25) is 4.98 Å². The predicted octanol–water partition coefficient (Wildman–Crippen LogP) is 3.01. The van der Waals surface area contributed by atoms with Gasteiger partial charge in [-0.15, -0.1) is 0 Å². The minimum atomic E-state index is 0.659. The average molecular weight is 307 g/mol. The van der Waals surface area contributed by atoms with Gasteiger partial charge in [-0.1, -0.05) is 15.9 Å². The van der Waals surface area contributed by atoms with Gasteiger partial charge in [0.1, 0.15) is 12.4 Å². The highest BCUT2D eigenvalue weighted by molar-refractivity contribution is 9.10. The van der Waals surface area contributed by atoms with Crippen molar-refractivity contribution >= 4 is 15.9 Å². The van der Waals surface area contributed by atoms with Crippen molar-refractivity contribution < 1.29 is 4.74 Å². The second kappa shape index (κ2) is 7.13. The number of ether oxygens (including phenoxy) is 1. The summed E-state index contributed by atoms with van der Waals surface area (Å²) >= 11 is 3.39. The number of nitrogens with one attached hydrogen (secondary N) is 1. The van der Waals surface area contributed by atoms with E-state index in [1.54, 1.807) is 12.4 Å². The molecule has 0 spiro atoms. The molecule has 0 unspecified atom stereocenters. The zero-order chi connectivity index (χ0) is 12.6. The van der Waals surface area contributed by atoms with Crippen LogP contribution in [0.25, 0.3) is 0 Å². The number of hydrogen-bond donors (Lipinski definition) is 1. The summed E-state index contributed by atoms with van der Waals surface area (Å²) in [5.41, 5.74) is 1.23. The number of halogens is 1. The third-order valence-electron chi connectivity index (χ3n) is 2.44. The smallest absolute Gasteiger partial charge is 0.119 e. The number of nitrogens with zero attached hydrogens (tertiary/aromatic N) is 1. The molecule has 0 aliphatic heterocycles. The lowest BCUT2D eigenvalue weighted by Gasteiger charge is -2.07. The molecule has 0 fully saturated rings. The van der Waals surface area contributed by atoms with Crippen molar-refractivity contribution in [2.75, 3.05) is 13.2 Å². The lowest BCUT2D eigenvalue weighted by atomic mass is 10.3. The molecule has 1 aromatic heterocycles. The van der Waals surface area contributed by atoms with E-state index in [9.17, 15) is 0 Å². The van der Waals surface area contributed by atoms with Crippen LogP contribution in [0.3, 0.4) is 0 Å². The second-order valence-electron chi connectivity index (χ2n) is 3.83. The first kappa shape index (κ1) is 13.1. The van der Waals surface area contributed by atoms with E-state index in [1.807, 2.05) is 36.4 Å². The maximum atomic E-state index is 5.60. The minimum Gasteiger partial charge on any atom is -0.492 e. The average Bonchev–Trinajstić information content (AvgIpc) is 2.42. The van der Waals surface area contributed by atoms with Crippen LogP contribution in [0.5, 0.6) is 5.75 Å². The van der Waals surface area contributed by atoms with Crippen molar-refractivity contribution in [1.82, 2.24) is 10.3 Å². The van der Waals surface area contributed by atoms with Gasteiger partial charge in [0.2, 0.25) is 0 Å². The summed E-state index contributed by atoms with van der Waals surface area (Å²) in [4.78, 5) is 3.98. The summed E-state index contributed by atoms with van der Waals surface area (Å²) in [5.74, 6) is 0.893. The zero-order valence-corrected chi connectivity index (χ0v) is 11.6. The highest BCUT2D eigenvalue weighted by Crippen LogP contribution is 2.15. The van der Waals surface area contributed by atoms with Crippen molar-refractivity contribution in [3.05, 3.63) is 58.8 Å². The molecule has 94 valence electrons. The Morgan fingerprint density at radius 2 is 1.78 bits per heavy atom. The van der Waals surface area contributed by atoms with Gasteiger partial charge in [-0.05, 0) is 42.0 Å². The Morgan fingerprint density at radius 1 is 1.06 bits per heavy atom. The monoisotopic (exact) mass is 306 g/mol. The molecule has 0 aliphatic rings. The maximum Gasteiger partial charge on any atom is 0.119 e. The molecule has 0 radical (unpaired) electrons. The standard InChI is InChI=1S/C14H15BrN2O/c15-13-1-3-14(4-2-13)18-10-9-17-11-12-5-7-16-8-6-12/h1-8,17H,9-11H2. The summed E-state index contributed by atoms with van der Waals surface area (Å²) in [6.07, 6.45) is 3.60. The highest BCUT2D eigenvalue weighted by atomic mass is 79.9. The van der Waals surface area contributed by atoms with Crippen molar-refractivity contribution in [1.29, 1.82) is 0 Å². The lowest BCUT2D eigenvalue weighted by molar-refractivity contribution is 0.313. The van der Waals surface area contributed by atoms with Gasteiger partial charge < -0.3 is 10.1 Å². The van der Waals surface area contributed by atoms with Crippen LogP contribution < -0.4 is 10.1 Å².